The number of sulfone groups is 1. The zero-order valence-corrected chi connectivity index (χ0v) is 20.3. The summed E-state index contributed by atoms with van der Waals surface area (Å²) in [6.07, 6.45) is 4.67. The van der Waals surface area contributed by atoms with Gasteiger partial charge < -0.3 is 5.11 Å². The first-order chi connectivity index (χ1) is 17.5. The third-order valence-corrected chi connectivity index (χ3v) is 7.32. The number of carbonyl (C=O) groups is 1. The van der Waals surface area contributed by atoms with Crippen molar-refractivity contribution in [2.75, 3.05) is 0 Å². The van der Waals surface area contributed by atoms with Crippen LogP contribution in [-0.2, 0) is 14.6 Å². The Bertz CT molecular complexity index is 1620. The molecule has 1 heterocycles. The molecule has 0 saturated heterocycles. The minimum Gasteiger partial charge on any atom is -0.478 e. The molecule has 190 valence electrons. The lowest BCUT2D eigenvalue weighted by Gasteiger charge is -2.17. The van der Waals surface area contributed by atoms with Gasteiger partial charge in [-0.15, -0.1) is 0 Å². The fourth-order valence-corrected chi connectivity index (χ4v) is 4.80. The summed E-state index contributed by atoms with van der Waals surface area (Å²) in [5.41, 5.74) is -0.114. The van der Waals surface area contributed by atoms with Crippen LogP contribution in [0.5, 0.6) is 0 Å². The minimum absolute atomic E-state index is 0.491. The van der Waals surface area contributed by atoms with E-state index < -0.39 is 26.2 Å². The Labute approximate surface area is 210 Å². The van der Waals surface area contributed by atoms with Crippen molar-refractivity contribution in [1.29, 1.82) is 0 Å². The number of hydrogen-bond donors (Lipinski definition) is 2. The van der Waals surface area contributed by atoms with Crippen LogP contribution in [0.4, 0.5) is 13.2 Å². The first-order valence-corrected chi connectivity index (χ1v) is 12.6. The second-order valence-corrected chi connectivity index (χ2v) is 10.1. The lowest BCUT2D eigenvalue weighted by molar-refractivity contribution is -0.131. The van der Waals surface area contributed by atoms with E-state index >= 15 is 0 Å². The molecule has 0 spiro atoms. The van der Waals surface area contributed by atoms with E-state index in [9.17, 15) is 26.4 Å². The Morgan fingerprint density at radius 1 is 0.973 bits per heavy atom. The van der Waals surface area contributed by atoms with Gasteiger partial charge in [-0.05, 0) is 70.2 Å². The number of hydrogen-bond acceptors (Lipinski definition) is 4. The first kappa shape index (κ1) is 25.9. The third kappa shape index (κ3) is 5.34. The summed E-state index contributed by atoms with van der Waals surface area (Å²) in [7, 11) is -5.46. The second-order valence-electron chi connectivity index (χ2n) is 8.15. The van der Waals surface area contributed by atoms with Gasteiger partial charge in [0.15, 0.2) is 0 Å². The van der Waals surface area contributed by atoms with Crippen molar-refractivity contribution in [3.05, 3.63) is 101 Å². The topological polar surface area (TPSA) is 100 Å². The van der Waals surface area contributed by atoms with E-state index in [4.69, 9.17) is 5.11 Å². The summed E-state index contributed by atoms with van der Waals surface area (Å²) >= 11 is 0. The number of aliphatic carboxylic acids is 1. The molecule has 2 N–H and O–H groups in total. The molecule has 0 amide bonds. The van der Waals surface area contributed by atoms with Crippen LogP contribution in [0.25, 0.3) is 28.1 Å². The molecule has 3 aromatic carbocycles. The number of benzene rings is 3. The van der Waals surface area contributed by atoms with Crippen molar-refractivity contribution < 1.29 is 31.5 Å². The lowest BCUT2D eigenvalue weighted by Crippen LogP contribution is -2.23. The first-order valence-electron chi connectivity index (χ1n) is 11.1. The number of allylic oxidation sites excluding steroid dienone is 1. The number of nitrogens with zero attached hydrogens (tertiary/aromatic N) is 1. The summed E-state index contributed by atoms with van der Waals surface area (Å²) in [5, 5.41) is 16.7. The third-order valence-electron chi connectivity index (χ3n) is 5.82. The summed E-state index contributed by atoms with van der Waals surface area (Å²) in [4.78, 5) is 10.0. The maximum absolute atomic E-state index is 13.0. The molecule has 0 fully saturated rings. The minimum atomic E-state index is -5.46. The van der Waals surface area contributed by atoms with Gasteiger partial charge >= 0.3 is 11.5 Å². The van der Waals surface area contributed by atoms with Gasteiger partial charge in [-0.2, -0.15) is 18.3 Å². The summed E-state index contributed by atoms with van der Waals surface area (Å²) in [6, 6.07) is 17.5. The molecule has 0 aliphatic heterocycles. The van der Waals surface area contributed by atoms with Gasteiger partial charge in [0, 0.05) is 11.5 Å². The van der Waals surface area contributed by atoms with Crippen LogP contribution in [0.2, 0.25) is 0 Å². The standard InChI is InChI=1S/C27H21F3N2O4S/c1-2-23(18-8-11-22(12-9-18)37(35,36)27(28,29)30)26(20-10-13-24-21(15-20)16-31-32-24)19-6-3-17(4-7-19)5-14-25(33)34/h3-16H,2H2,1H3,(H,31,32)(H,33,34)/b14-5+,26-23+. The quantitative estimate of drug-likeness (QED) is 0.217. The van der Waals surface area contributed by atoms with Crippen molar-refractivity contribution in [2.24, 2.45) is 0 Å². The Balaban J connectivity index is 1.88. The van der Waals surface area contributed by atoms with Gasteiger partial charge in [-0.1, -0.05) is 49.4 Å². The summed E-state index contributed by atoms with van der Waals surface area (Å²) in [6.45, 7) is 1.90. The fraction of sp³-hybridized carbons (Fsp3) is 0.111. The molecule has 0 radical (unpaired) electrons. The molecule has 37 heavy (non-hydrogen) atoms. The number of aromatic amines is 1. The molecule has 0 aliphatic rings. The smallest absolute Gasteiger partial charge is 0.478 e. The number of carboxylic acids is 1. The monoisotopic (exact) mass is 526 g/mol. The van der Waals surface area contributed by atoms with Crippen LogP contribution in [0.15, 0.2) is 83.9 Å². The largest absolute Gasteiger partial charge is 0.501 e. The van der Waals surface area contributed by atoms with Gasteiger partial charge in [0.1, 0.15) is 0 Å². The molecular weight excluding hydrogens is 505 g/mol. The van der Waals surface area contributed by atoms with Crippen molar-refractivity contribution in [2.45, 2.75) is 23.7 Å². The van der Waals surface area contributed by atoms with E-state index in [0.29, 0.717) is 17.5 Å². The average molecular weight is 527 g/mol. The highest BCUT2D eigenvalue weighted by Crippen LogP contribution is 2.37. The van der Waals surface area contributed by atoms with Gasteiger partial charge in [-0.25, -0.2) is 13.2 Å². The SMILES string of the molecule is CC/C(=C(/c1ccc(/C=C/C(=O)O)cc1)c1ccc2[nH]ncc2c1)c1ccc(S(=O)(=O)C(F)(F)F)cc1. The molecular formula is C27H21F3N2O4S. The molecule has 0 atom stereocenters. The summed E-state index contributed by atoms with van der Waals surface area (Å²) < 4.78 is 62.7. The fourth-order valence-electron chi connectivity index (χ4n) is 4.04. The van der Waals surface area contributed by atoms with E-state index in [0.717, 1.165) is 51.4 Å². The lowest BCUT2D eigenvalue weighted by atomic mass is 9.87. The van der Waals surface area contributed by atoms with Crippen LogP contribution in [0.1, 0.15) is 35.6 Å². The molecule has 4 aromatic rings. The molecule has 0 saturated carbocycles. The Morgan fingerprint density at radius 3 is 2.19 bits per heavy atom. The van der Waals surface area contributed by atoms with E-state index in [-0.39, 0.29) is 0 Å². The van der Waals surface area contributed by atoms with E-state index in [1.807, 2.05) is 37.3 Å². The zero-order chi connectivity index (χ0) is 26.8. The molecule has 1 aromatic heterocycles. The van der Waals surface area contributed by atoms with Crippen LogP contribution < -0.4 is 0 Å². The number of fused-ring (bicyclic) bond motifs is 1. The number of carboxylic acid groups (broad SMARTS) is 1. The number of H-pyrrole nitrogens is 1. The highest BCUT2D eigenvalue weighted by Gasteiger charge is 2.46. The molecule has 0 aliphatic carbocycles. The molecule has 0 unspecified atom stereocenters. The molecule has 0 bridgehead atoms. The number of rotatable bonds is 7. The Hall–Kier alpha value is -4.18. The predicted molar refractivity (Wildman–Crippen MR) is 135 cm³/mol. The summed E-state index contributed by atoms with van der Waals surface area (Å²) in [5.74, 6) is -1.07. The maximum Gasteiger partial charge on any atom is 0.501 e. The van der Waals surface area contributed by atoms with Crippen LogP contribution >= 0.6 is 0 Å². The van der Waals surface area contributed by atoms with Gasteiger partial charge in [0.05, 0.1) is 16.6 Å². The Morgan fingerprint density at radius 2 is 1.59 bits per heavy atom. The number of alkyl halides is 3. The van der Waals surface area contributed by atoms with Gasteiger partial charge in [0.2, 0.25) is 0 Å². The number of aromatic nitrogens is 2. The maximum atomic E-state index is 13.0. The predicted octanol–water partition coefficient (Wildman–Crippen LogP) is 6.32. The normalized spacial score (nSPS) is 13.2. The van der Waals surface area contributed by atoms with Gasteiger partial charge in [-0.3, -0.25) is 5.10 Å². The van der Waals surface area contributed by atoms with E-state index in [1.54, 1.807) is 18.3 Å². The van der Waals surface area contributed by atoms with Crippen LogP contribution in [0.3, 0.4) is 0 Å². The molecule has 10 heteroatoms. The van der Waals surface area contributed by atoms with Crippen molar-refractivity contribution in [3.63, 3.8) is 0 Å². The zero-order valence-electron chi connectivity index (χ0n) is 19.5. The van der Waals surface area contributed by atoms with E-state index in [2.05, 4.69) is 10.2 Å². The second kappa shape index (κ2) is 10.1. The average Bonchev–Trinajstić information content (AvgIpc) is 3.34. The molecule has 4 rings (SSSR count). The Kier molecular flexibility index (Phi) is 7.04. The van der Waals surface area contributed by atoms with Crippen molar-refractivity contribution in [1.82, 2.24) is 10.2 Å². The van der Waals surface area contributed by atoms with Crippen LogP contribution in [-0.4, -0.2) is 35.2 Å². The highest BCUT2D eigenvalue weighted by atomic mass is 32.2. The van der Waals surface area contributed by atoms with Gasteiger partial charge in [0.25, 0.3) is 9.84 Å². The van der Waals surface area contributed by atoms with Crippen LogP contribution in [0, 0.1) is 0 Å². The van der Waals surface area contributed by atoms with Crippen molar-refractivity contribution in [3.8, 4) is 0 Å². The number of nitrogens with one attached hydrogen (secondary N) is 1. The van der Waals surface area contributed by atoms with E-state index in [1.165, 1.54) is 18.2 Å². The molecule has 6 nitrogen and oxygen atoms in total. The van der Waals surface area contributed by atoms with Crippen molar-refractivity contribution >= 4 is 43.9 Å². The number of halogens is 3. The highest BCUT2D eigenvalue weighted by molar-refractivity contribution is 7.92.